The van der Waals surface area contributed by atoms with Gasteiger partial charge >= 0.3 is 6.03 Å². The highest BCUT2D eigenvalue weighted by Gasteiger charge is 2.17. The van der Waals surface area contributed by atoms with Crippen LogP contribution in [0.25, 0.3) is 0 Å². The van der Waals surface area contributed by atoms with Gasteiger partial charge in [-0.05, 0) is 12.3 Å². The van der Waals surface area contributed by atoms with Crippen LogP contribution < -0.4 is 5.32 Å². The van der Waals surface area contributed by atoms with Gasteiger partial charge in [-0.1, -0.05) is 33.1 Å². The molecular weight excluding hydrogens is 216 g/mol. The van der Waals surface area contributed by atoms with Crippen molar-refractivity contribution < 1.29 is 9.53 Å². The van der Waals surface area contributed by atoms with E-state index in [4.69, 9.17) is 4.74 Å². The van der Waals surface area contributed by atoms with Crippen LogP contribution in [0, 0.1) is 5.92 Å². The maximum atomic E-state index is 11.9. The Morgan fingerprint density at radius 1 is 1.35 bits per heavy atom. The predicted molar refractivity (Wildman–Crippen MR) is 69.1 cm³/mol. The summed E-state index contributed by atoms with van der Waals surface area (Å²) in [5.74, 6) is 0.625. The molecule has 0 aromatic heterocycles. The number of rotatable bonds is 6. The van der Waals surface area contributed by atoms with E-state index in [1.165, 1.54) is 19.3 Å². The Balaban J connectivity index is 2.20. The number of carbonyl (C=O) groups excluding carboxylic acids is 1. The van der Waals surface area contributed by atoms with Gasteiger partial charge in [0.05, 0.1) is 13.2 Å². The summed E-state index contributed by atoms with van der Waals surface area (Å²) < 4.78 is 5.23. The zero-order valence-corrected chi connectivity index (χ0v) is 11.2. The van der Waals surface area contributed by atoms with Crippen LogP contribution in [0.15, 0.2) is 0 Å². The molecule has 4 heteroatoms. The van der Waals surface area contributed by atoms with Crippen molar-refractivity contribution >= 4 is 6.03 Å². The van der Waals surface area contributed by atoms with Crippen LogP contribution in [-0.2, 0) is 4.74 Å². The molecule has 1 rings (SSSR count). The Labute approximate surface area is 105 Å². The van der Waals surface area contributed by atoms with Crippen molar-refractivity contribution in [3.8, 4) is 0 Å². The van der Waals surface area contributed by atoms with Crippen LogP contribution in [0.3, 0.4) is 0 Å². The second-order valence-corrected chi connectivity index (χ2v) is 4.70. The lowest BCUT2D eigenvalue weighted by molar-refractivity contribution is 0.0529. The summed E-state index contributed by atoms with van der Waals surface area (Å²) in [4.78, 5) is 13.7. The third kappa shape index (κ3) is 5.39. The Bertz CT molecular complexity index is 215. The van der Waals surface area contributed by atoms with E-state index in [2.05, 4.69) is 19.2 Å². The molecule has 17 heavy (non-hydrogen) atoms. The van der Waals surface area contributed by atoms with E-state index in [1.807, 2.05) is 4.90 Å². The largest absolute Gasteiger partial charge is 0.378 e. The van der Waals surface area contributed by atoms with Crippen LogP contribution in [0.4, 0.5) is 4.79 Å². The van der Waals surface area contributed by atoms with Crippen LogP contribution in [0.2, 0.25) is 0 Å². The number of amides is 2. The minimum atomic E-state index is 0.0725. The molecule has 1 aliphatic heterocycles. The summed E-state index contributed by atoms with van der Waals surface area (Å²) in [6.45, 7) is 7.99. The molecule has 1 fully saturated rings. The lowest BCUT2D eigenvalue weighted by atomic mass is 9.99. The standard InChI is InChI=1S/C13H26N2O2/c1-3-5-6-12(4-2)11-14-13(16)15-7-9-17-10-8-15/h12H,3-11H2,1-2H3,(H,14,16). The van der Waals surface area contributed by atoms with Gasteiger partial charge in [-0.3, -0.25) is 0 Å². The van der Waals surface area contributed by atoms with Crippen molar-refractivity contribution in [2.45, 2.75) is 39.5 Å². The predicted octanol–water partition coefficient (Wildman–Crippen LogP) is 2.24. The monoisotopic (exact) mass is 242 g/mol. The quantitative estimate of drug-likeness (QED) is 0.776. The SMILES string of the molecule is CCCCC(CC)CNC(=O)N1CCOCC1. The number of unbranched alkanes of at least 4 members (excludes halogenated alkanes) is 1. The second kappa shape index (κ2) is 8.34. The summed E-state index contributed by atoms with van der Waals surface area (Å²) in [6.07, 6.45) is 4.85. The molecule has 100 valence electrons. The summed E-state index contributed by atoms with van der Waals surface area (Å²) in [6, 6.07) is 0.0725. The van der Waals surface area contributed by atoms with E-state index in [1.54, 1.807) is 0 Å². The molecule has 1 heterocycles. The summed E-state index contributed by atoms with van der Waals surface area (Å²) in [7, 11) is 0. The molecule has 0 aromatic carbocycles. The van der Waals surface area contributed by atoms with Crippen LogP contribution in [0.1, 0.15) is 39.5 Å². The Hall–Kier alpha value is -0.770. The molecule has 1 N–H and O–H groups in total. The van der Waals surface area contributed by atoms with Crippen molar-refractivity contribution in [3.63, 3.8) is 0 Å². The first kappa shape index (κ1) is 14.3. The zero-order chi connectivity index (χ0) is 12.5. The molecule has 0 spiro atoms. The average molecular weight is 242 g/mol. The molecule has 0 aliphatic carbocycles. The van der Waals surface area contributed by atoms with Gasteiger partial charge in [0.1, 0.15) is 0 Å². The van der Waals surface area contributed by atoms with Crippen LogP contribution >= 0.6 is 0 Å². The van der Waals surface area contributed by atoms with Crippen molar-refractivity contribution in [2.75, 3.05) is 32.8 Å². The van der Waals surface area contributed by atoms with Gasteiger partial charge in [0.15, 0.2) is 0 Å². The molecule has 4 nitrogen and oxygen atoms in total. The number of urea groups is 1. The van der Waals surface area contributed by atoms with E-state index in [0.29, 0.717) is 19.1 Å². The summed E-state index contributed by atoms with van der Waals surface area (Å²) in [5, 5.41) is 3.04. The van der Waals surface area contributed by atoms with Crippen molar-refractivity contribution in [2.24, 2.45) is 5.92 Å². The minimum absolute atomic E-state index is 0.0725. The first-order valence-electron chi connectivity index (χ1n) is 6.88. The number of nitrogens with one attached hydrogen (secondary N) is 1. The second-order valence-electron chi connectivity index (χ2n) is 4.70. The summed E-state index contributed by atoms with van der Waals surface area (Å²) >= 11 is 0. The van der Waals surface area contributed by atoms with Crippen molar-refractivity contribution in [1.29, 1.82) is 0 Å². The Morgan fingerprint density at radius 2 is 2.06 bits per heavy atom. The maximum absolute atomic E-state index is 11.9. The fourth-order valence-corrected chi connectivity index (χ4v) is 2.05. The molecule has 0 bridgehead atoms. The third-order valence-electron chi connectivity index (χ3n) is 3.38. The Morgan fingerprint density at radius 3 is 2.65 bits per heavy atom. The molecule has 1 atom stereocenters. The lowest BCUT2D eigenvalue weighted by Crippen LogP contribution is -2.47. The molecule has 1 aliphatic rings. The highest BCUT2D eigenvalue weighted by atomic mass is 16.5. The van der Waals surface area contributed by atoms with Crippen LogP contribution in [0.5, 0.6) is 0 Å². The van der Waals surface area contributed by atoms with E-state index in [-0.39, 0.29) is 6.03 Å². The van der Waals surface area contributed by atoms with Gasteiger partial charge in [-0.25, -0.2) is 4.79 Å². The highest BCUT2D eigenvalue weighted by Crippen LogP contribution is 2.11. The number of carbonyl (C=O) groups is 1. The first-order valence-corrected chi connectivity index (χ1v) is 6.88. The number of nitrogens with zero attached hydrogens (tertiary/aromatic N) is 1. The zero-order valence-electron chi connectivity index (χ0n) is 11.2. The van der Waals surface area contributed by atoms with Gasteiger partial charge in [0.2, 0.25) is 0 Å². The molecule has 1 saturated heterocycles. The van der Waals surface area contributed by atoms with E-state index in [9.17, 15) is 4.79 Å². The number of morpholine rings is 1. The maximum Gasteiger partial charge on any atom is 0.317 e. The van der Waals surface area contributed by atoms with Gasteiger partial charge in [0, 0.05) is 19.6 Å². The molecule has 2 amide bonds. The lowest BCUT2D eigenvalue weighted by Gasteiger charge is -2.27. The molecule has 0 radical (unpaired) electrons. The average Bonchev–Trinajstić information content (AvgIpc) is 2.39. The Kier molecular flexibility index (Phi) is 7.01. The van der Waals surface area contributed by atoms with Crippen LogP contribution in [-0.4, -0.2) is 43.8 Å². The molecule has 1 unspecified atom stereocenters. The van der Waals surface area contributed by atoms with Gasteiger partial charge < -0.3 is 15.0 Å². The van der Waals surface area contributed by atoms with Crippen molar-refractivity contribution in [3.05, 3.63) is 0 Å². The fraction of sp³-hybridized carbons (Fsp3) is 0.923. The molecule has 0 aromatic rings. The van der Waals surface area contributed by atoms with E-state index < -0.39 is 0 Å². The van der Waals surface area contributed by atoms with Gasteiger partial charge in [0.25, 0.3) is 0 Å². The van der Waals surface area contributed by atoms with E-state index in [0.717, 1.165) is 26.1 Å². The molecule has 0 saturated carbocycles. The summed E-state index contributed by atoms with van der Waals surface area (Å²) in [5.41, 5.74) is 0. The number of hydrogen-bond acceptors (Lipinski definition) is 2. The minimum Gasteiger partial charge on any atom is -0.378 e. The highest BCUT2D eigenvalue weighted by molar-refractivity contribution is 5.74. The van der Waals surface area contributed by atoms with E-state index >= 15 is 0 Å². The smallest absolute Gasteiger partial charge is 0.317 e. The van der Waals surface area contributed by atoms with Gasteiger partial charge in [-0.15, -0.1) is 0 Å². The third-order valence-corrected chi connectivity index (χ3v) is 3.38. The normalized spacial score (nSPS) is 17.9. The first-order chi connectivity index (χ1) is 8.27. The van der Waals surface area contributed by atoms with Crippen molar-refractivity contribution in [1.82, 2.24) is 10.2 Å². The number of hydrogen-bond donors (Lipinski definition) is 1. The topological polar surface area (TPSA) is 41.6 Å². The number of ether oxygens (including phenoxy) is 1. The fourth-order valence-electron chi connectivity index (χ4n) is 2.05. The molecular formula is C13H26N2O2. The van der Waals surface area contributed by atoms with Gasteiger partial charge in [-0.2, -0.15) is 0 Å².